The number of thioether (sulfide) groups is 1. The molecule has 0 bridgehead atoms. The number of carbonyl (C=O) groups excluding carboxylic acids is 3. The van der Waals surface area contributed by atoms with Crippen molar-refractivity contribution in [2.75, 3.05) is 23.9 Å². The third-order valence-corrected chi connectivity index (χ3v) is 9.23. The van der Waals surface area contributed by atoms with E-state index in [1.807, 2.05) is 18.2 Å². The highest BCUT2D eigenvalue weighted by atomic mass is 32.2. The zero-order valence-electron chi connectivity index (χ0n) is 21.2. The molecule has 1 saturated heterocycles. The summed E-state index contributed by atoms with van der Waals surface area (Å²) >= 11 is 2.24. The zero-order valence-corrected chi connectivity index (χ0v) is 22.8. The topological polar surface area (TPSA) is 118 Å². The molecule has 9 nitrogen and oxygen atoms in total. The van der Waals surface area contributed by atoms with Crippen molar-refractivity contribution in [3.05, 3.63) is 99.0 Å². The highest BCUT2D eigenvalue weighted by molar-refractivity contribution is 8.00. The molecule has 40 heavy (non-hydrogen) atoms. The SMILES string of the molecule is COc1ccc(NC(=O)COc2ccccc2[C@@H]2c3sc(=O)[nH]c3S[C@H]3C(=O)N(c4ccccc4)C(=O)[C@@H]23)cc1. The number of methoxy groups -OCH3 is 1. The smallest absolute Gasteiger partial charge is 0.305 e. The number of thiazole rings is 1. The maximum Gasteiger partial charge on any atom is 0.305 e. The molecule has 6 rings (SSSR count). The third kappa shape index (κ3) is 4.67. The lowest BCUT2D eigenvalue weighted by Gasteiger charge is -2.30. The van der Waals surface area contributed by atoms with Crippen LogP contribution in [0.5, 0.6) is 11.5 Å². The molecule has 4 aromatic rings. The summed E-state index contributed by atoms with van der Waals surface area (Å²) in [4.78, 5) is 57.0. The Balaban J connectivity index is 1.31. The number of anilines is 2. The van der Waals surface area contributed by atoms with Gasteiger partial charge in [-0.25, -0.2) is 4.90 Å². The zero-order chi connectivity index (χ0) is 27.8. The van der Waals surface area contributed by atoms with Crippen LogP contribution in [0, 0.1) is 5.92 Å². The molecule has 1 fully saturated rings. The van der Waals surface area contributed by atoms with Crippen LogP contribution in [0.4, 0.5) is 11.4 Å². The quantitative estimate of drug-likeness (QED) is 0.317. The van der Waals surface area contributed by atoms with E-state index in [1.54, 1.807) is 67.8 Å². The van der Waals surface area contributed by atoms with Gasteiger partial charge < -0.3 is 19.8 Å². The van der Waals surface area contributed by atoms with Gasteiger partial charge in [0.05, 0.1) is 23.7 Å². The number of fused-ring (bicyclic) bond motifs is 2. The molecular weight excluding hydrogens is 550 g/mol. The summed E-state index contributed by atoms with van der Waals surface area (Å²) in [5.41, 5.74) is 1.72. The minimum absolute atomic E-state index is 0.264. The standard InChI is InChI=1S/C29H23N3O6S2/c1-37-18-13-11-16(12-14-18)30-21(33)15-38-20-10-6-5-9-19(20)22-23-25(39-26-24(22)40-29(36)31-26)28(35)32(27(23)34)17-7-3-2-4-8-17/h2-14,22-23,25H,15H2,1H3,(H,30,33)(H,31,36)/t22-,23-,25+/m0/s1. The van der Waals surface area contributed by atoms with Crippen LogP contribution >= 0.6 is 23.1 Å². The van der Waals surface area contributed by atoms with Crippen molar-refractivity contribution in [1.82, 2.24) is 4.98 Å². The number of imide groups is 1. The fourth-order valence-electron chi connectivity index (χ4n) is 5.07. The number of hydrogen-bond acceptors (Lipinski definition) is 8. The van der Waals surface area contributed by atoms with Gasteiger partial charge in [-0.05, 0) is 42.5 Å². The fraction of sp³-hybridized carbons (Fsp3) is 0.172. The van der Waals surface area contributed by atoms with E-state index < -0.39 is 17.1 Å². The van der Waals surface area contributed by atoms with Gasteiger partial charge in [0.2, 0.25) is 11.8 Å². The summed E-state index contributed by atoms with van der Waals surface area (Å²) in [6.07, 6.45) is 0. The normalized spacial score (nSPS) is 19.6. The van der Waals surface area contributed by atoms with Crippen LogP contribution in [-0.2, 0) is 14.4 Å². The Morgan fingerprint density at radius 2 is 1.68 bits per heavy atom. The minimum atomic E-state index is -0.755. The first-order valence-corrected chi connectivity index (χ1v) is 14.1. The number of ether oxygens (including phenoxy) is 2. The average Bonchev–Trinajstić information content (AvgIpc) is 3.47. The van der Waals surface area contributed by atoms with Crippen LogP contribution in [0.2, 0.25) is 0 Å². The molecule has 0 unspecified atom stereocenters. The van der Waals surface area contributed by atoms with Crippen LogP contribution < -0.4 is 24.6 Å². The lowest BCUT2D eigenvalue weighted by molar-refractivity contribution is -0.122. The Morgan fingerprint density at radius 1 is 0.950 bits per heavy atom. The number of carbonyl (C=O) groups is 3. The van der Waals surface area contributed by atoms with Gasteiger partial charge in [-0.2, -0.15) is 0 Å². The molecule has 0 spiro atoms. The first-order chi connectivity index (χ1) is 19.4. The van der Waals surface area contributed by atoms with E-state index in [4.69, 9.17) is 9.47 Å². The lowest BCUT2D eigenvalue weighted by atomic mass is 9.82. The molecular formula is C29H23N3O6S2. The van der Waals surface area contributed by atoms with Crippen molar-refractivity contribution in [3.8, 4) is 11.5 Å². The summed E-state index contributed by atoms with van der Waals surface area (Å²) in [6.45, 7) is -0.280. The Labute approximate surface area is 237 Å². The fourth-order valence-corrected chi connectivity index (χ4v) is 7.57. The number of benzene rings is 3. The predicted molar refractivity (Wildman–Crippen MR) is 152 cm³/mol. The number of hydrogen-bond donors (Lipinski definition) is 2. The van der Waals surface area contributed by atoms with Crippen molar-refractivity contribution in [2.24, 2.45) is 5.92 Å². The van der Waals surface area contributed by atoms with Crippen molar-refractivity contribution in [2.45, 2.75) is 16.2 Å². The summed E-state index contributed by atoms with van der Waals surface area (Å²) in [5, 5.41) is 2.64. The predicted octanol–water partition coefficient (Wildman–Crippen LogP) is 4.26. The molecule has 0 aliphatic carbocycles. The van der Waals surface area contributed by atoms with Crippen molar-refractivity contribution in [1.29, 1.82) is 0 Å². The average molecular weight is 574 g/mol. The molecule has 2 aliphatic heterocycles. The van der Waals surface area contributed by atoms with Crippen LogP contribution in [0.25, 0.3) is 0 Å². The number of aromatic amines is 1. The van der Waals surface area contributed by atoms with Crippen LogP contribution in [0.15, 0.2) is 88.7 Å². The van der Waals surface area contributed by atoms with Crippen molar-refractivity contribution in [3.63, 3.8) is 0 Å². The Hall–Kier alpha value is -4.35. The maximum atomic E-state index is 13.9. The molecule has 3 amide bonds. The molecule has 3 atom stereocenters. The van der Waals surface area contributed by atoms with Crippen LogP contribution in [-0.4, -0.2) is 41.7 Å². The minimum Gasteiger partial charge on any atom is -0.497 e. The number of rotatable bonds is 7. The number of nitrogens with one attached hydrogen (secondary N) is 2. The summed E-state index contributed by atoms with van der Waals surface area (Å²) in [6, 6.07) is 22.9. The van der Waals surface area contributed by atoms with Gasteiger partial charge in [-0.1, -0.05) is 59.5 Å². The van der Waals surface area contributed by atoms with Gasteiger partial charge >= 0.3 is 4.87 Å². The van der Waals surface area contributed by atoms with E-state index in [1.165, 1.54) is 16.7 Å². The van der Waals surface area contributed by atoms with Gasteiger partial charge in [-0.3, -0.25) is 19.2 Å². The molecule has 2 N–H and O–H groups in total. The molecule has 3 heterocycles. The highest BCUT2D eigenvalue weighted by Crippen LogP contribution is 2.54. The van der Waals surface area contributed by atoms with E-state index in [0.717, 1.165) is 11.3 Å². The highest BCUT2D eigenvalue weighted by Gasteiger charge is 2.56. The Bertz CT molecular complexity index is 1650. The first kappa shape index (κ1) is 25.9. The van der Waals surface area contributed by atoms with Crippen LogP contribution in [0.1, 0.15) is 16.4 Å². The van der Waals surface area contributed by atoms with E-state index in [-0.39, 0.29) is 29.2 Å². The van der Waals surface area contributed by atoms with Crippen molar-refractivity contribution < 1.29 is 23.9 Å². The van der Waals surface area contributed by atoms with E-state index >= 15 is 0 Å². The Morgan fingerprint density at radius 3 is 2.42 bits per heavy atom. The van der Waals surface area contributed by atoms with Gasteiger partial charge in [-0.15, -0.1) is 0 Å². The maximum absolute atomic E-state index is 13.9. The monoisotopic (exact) mass is 573 g/mol. The third-order valence-electron chi connectivity index (χ3n) is 6.82. The van der Waals surface area contributed by atoms with Gasteiger partial charge in [0.25, 0.3) is 5.91 Å². The Kier molecular flexibility index (Phi) is 6.91. The second-order valence-electron chi connectivity index (χ2n) is 9.20. The molecule has 11 heteroatoms. The summed E-state index contributed by atoms with van der Waals surface area (Å²) < 4.78 is 11.1. The van der Waals surface area contributed by atoms with E-state index in [9.17, 15) is 19.2 Å². The van der Waals surface area contributed by atoms with Crippen LogP contribution in [0.3, 0.4) is 0 Å². The molecule has 3 aromatic carbocycles. The van der Waals surface area contributed by atoms with E-state index in [0.29, 0.717) is 38.3 Å². The molecule has 1 aromatic heterocycles. The number of nitrogens with zero attached hydrogens (tertiary/aromatic N) is 1. The molecule has 0 saturated carbocycles. The summed E-state index contributed by atoms with van der Waals surface area (Å²) in [5.74, 6) is -1.34. The molecule has 202 valence electrons. The first-order valence-electron chi connectivity index (χ1n) is 12.4. The van der Waals surface area contributed by atoms with E-state index in [2.05, 4.69) is 10.3 Å². The van der Waals surface area contributed by atoms with Gasteiger partial charge in [0, 0.05) is 22.0 Å². The molecule has 2 aliphatic rings. The van der Waals surface area contributed by atoms with Gasteiger partial charge in [0.15, 0.2) is 6.61 Å². The second kappa shape index (κ2) is 10.7. The number of aromatic nitrogens is 1. The van der Waals surface area contributed by atoms with Gasteiger partial charge in [0.1, 0.15) is 16.7 Å². The lowest BCUT2D eigenvalue weighted by Crippen LogP contribution is -2.32. The largest absolute Gasteiger partial charge is 0.497 e. The number of amides is 3. The number of H-pyrrole nitrogens is 1. The summed E-state index contributed by atoms with van der Waals surface area (Å²) in [7, 11) is 1.56. The number of para-hydroxylation sites is 2. The van der Waals surface area contributed by atoms with Crippen molar-refractivity contribution >= 4 is 52.2 Å². The molecule has 0 radical (unpaired) electrons. The second-order valence-corrected chi connectivity index (χ2v) is 11.4.